The molecule has 0 aromatic carbocycles. The van der Waals surface area contributed by atoms with Crippen molar-refractivity contribution in [2.45, 2.75) is 57.8 Å². The predicted molar refractivity (Wildman–Crippen MR) is 109 cm³/mol. The van der Waals surface area contributed by atoms with Crippen LogP contribution in [0, 0.1) is 24.3 Å². The maximum Gasteiger partial charge on any atom is 0.312 e. The van der Waals surface area contributed by atoms with E-state index in [2.05, 4.69) is 27.8 Å². The highest BCUT2D eigenvalue weighted by Gasteiger charge is 2.41. The van der Waals surface area contributed by atoms with Crippen LogP contribution in [0.5, 0.6) is 0 Å². The number of hydrogen-bond acceptors (Lipinski definition) is 8. The van der Waals surface area contributed by atoms with Crippen LogP contribution in [0.25, 0.3) is 11.2 Å². The summed E-state index contributed by atoms with van der Waals surface area (Å²) in [5.74, 6) is 1.43. The van der Waals surface area contributed by atoms with Crippen molar-refractivity contribution in [3.63, 3.8) is 0 Å². The number of nitrogens with zero attached hydrogens (tertiary/aromatic N) is 4. The highest BCUT2D eigenvalue weighted by Crippen LogP contribution is 2.24. The fourth-order valence-electron chi connectivity index (χ4n) is 3.10. The Hall–Kier alpha value is -2.77. The molecule has 30 heavy (non-hydrogen) atoms. The number of aliphatic hydroxyl groups excluding tert-OH is 1. The minimum absolute atomic E-state index is 0.0849. The first-order valence-corrected chi connectivity index (χ1v) is 9.80. The average molecular weight is 421 g/mol. The monoisotopic (exact) mass is 421 g/mol. The third-order valence-corrected chi connectivity index (χ3v) is 5.09. The van der Waals surface area contributed by atoms with Gasteiger partial charge in [0.05, 0.1) is 25.4 Å². The quantitative estimate of drug-likeness (QED) is 0.243. The number of rotatable bonds is 11. The molecule has 0 radical (unpaired) electrons. The number of methoxy groups -OCH3 is 1. The molecule has 2 aromatic heterocycles. The maximum absolute atomic E-state index is 13.7. The molecule has 0 aliphatic heterocycles. The summed E-state index contributed by atoms with van der Waals surface area (Å²) in [6, 6.07) is 0. The first-order chi connectivity index (χ1) is 14.3. The lowest BCUT2D eigenvalue weighted by Gasteiger charge is -2.34. The van der Waals surface area contributed by atoms with Crippen LogP contribution in [-0.4, -0.2) is 56.0 Å². The molecule has 0 saturated carbocycles. The minimum atomic E-state index is -1.60. The van der Waals surface area contributed by atoms with Gasteiger partial charge in [0.1, 0.15) is 5.52 Å². The van der Waals surface area contributed by atoms with Crippen molar-refractivity contribution in [2.75, 3.05) is 19.5 Å². The van der Waals surface area contributed by atoms with Gasteiger partial charge >= 0.3 is 12.0 Å². The Morgan fingerprint density at radius 1 is 1.47 bits per heavy atom. The number of unbranched alkanes of at least 4 members (excludes halogenated alkanes) is 2. The first kappa shape index (κ1) is 23.5. The number of aliphatic hydroxyl groups is 1. The molecule has 0 fully saturated rings. The third-order valence-electron chi connectivity index (χ3n) is 5.09. The van der Waals surface area contributed by atoms with E-state index in [1.165, 1.54) is 18.0 Å². The summed E-state index contributed by atoms with van der Waals surface area (Å²) in [7, 11) is 1.31. The zero-order valence-electron chi connectivity index (χ0n) is 17.5. The van der Waals surface area contributed by atoms with Crippen molar-refractivity contribution in [1.29, 1.82) is 0 Å². The Morgan fingerprint density at radius 3 is 2.80 bits per heavy atom. The Kier molecular flexibility index (Phi) is 8.08. The molecule has 0 amide bonds. The third kappa shape index (κ3) is 5.04. The lowest BCUT2D eigenvalue weighted by Crippen LogP contribution is -2.51. The SMILES string of the molecule is C#CC(CO)(OC)[C@H](Cn1cnc2c(N)nc(F)nc21)OC(=O)C(C)CCCCC. The summed E-state index contributed by atoms with van der Waals surface area (Å²) in [4.78, 5) is 23.9. The van der Waals surface area contributed by atoms with Crippen molar-refractivity contribution in [3.05, 3.63) is 12.4 Å². The molecule has 3 atom stereocenters. The van der Waals surface area contributed by atoms with Crippen LogP contribution < -0.4 is 5.73 Å². The number of fused-ring (bicyclic) bond motifs is 1. The number of aromatic nitrogens is 4. The summed E-state index contributed by atoms with van der Waals surface area (Å²) < 4.78 is 26.1. The zero-order valence-corrected chi connectivity index (χ0v) is 17.5. The van der Waals surface area contributed by atoms with E-state index in [1.807, 2.05) is 0 Å². The number of halogens is 1. The van der Waals surface area contributed by atoms with Crippen LogP contribution in [0.3, 0.4) is 0 Å². The summed E-state index contributed by atoms with van der Waals surface area (Å²) >= 11 is 0. The summed E-state index contributed by atoms with van der Waals surface area (Å²) in [6.07, 6.45) is 8.47. The lowest BCUT2D eigenvalue weighted by atomic mass is 9.97. The number of anilines is 1. The topological polar surface area (TPSA) is 125 Å². The number of carbonyl (C=O) groups is 1. The number of imidazole rings is 1. The number of terminal acetylenes is 1. The molecule has 2 heterocycles. The molecule has 0 aliphatic rings. The van der Waals surface area contributed by atoms with E-state index in [1.54, 1.807) is 6.92 Å². The van der Waals surface area contributed by atoms with Crippen LogP contribution in [0.4, 0.5) is 10.2 Å². The van der Waals surface area contributed by atoms with Crippen LogP contribution in [0.15, 0.2) is 6.33 Å². The second-order valence-electron chi connectivity index (χ2n) is 7.17. The first-order valence-electron chi connectivity index (χ1n) is 9.80. The van der Waals surface area contributed by atoms with Gasteiger partial charge in [0.15, 0.2) is 23.2 Å². The van der Waals surface area contributed by atoms with Crippen molar-refractivity contribution in [1.82, 2.24) is 19.5 Å². The zero-order chi connectivity index (χ0) is 22.3. The van der Waals surface area contributed by atoms with Crippen molar-refractivity contribution < 1.29 is 23.8 Å². The number of nitrogen functional groups attached to an aromatic ring is 1. The number of nitrogens with two attached hydrogens (primary N) is 1. The fraction of sp³-hybridized carbons (Fsp3) is 0.600. The molecule has 3 N–H and O–H groups in total. The van der Waals surface area contributed by atoms with Gasteiger partial charge in [0.2, 0.25) is 0 Å². The maximum atomic E-state index is 13.7. The van der Waals surface area contributed by atoms with Crippen molar-refractivity contribution in [3.8, 4) is 12.3 Å². The molecule has 0 spiro atoms. The van der Waals surface area contributed by atoms with Gasteiger partial charge in [-0.25, -0.2) is 4.98 Å². The lowest BCUT2D eigenvalue weighted by molar-refractivity contribution is -0.172. The second kappa shape index (κ2) is 10.3. The molecular weight excluding hydrogens is 393 g/mol. The fourth-order valence-corrected chi connectivity index (χ4v) is 3.10. The molecule has 2 rings (SSSR count). The summed E-state index contributed by atoms with van der Waals surface area (Å²) in [6.45, 7) is 3.17. The number of hydrogen-bond donors (Lipinski definition) is 2. The second-order valence-corrected chi connectivity index (χ2v) is 7.17. The van der Waals surface area contributed by atoms with Crippen LogP contribution >= 0.6 is 0 Å². The molecule has 2 unspecified atom stereocenters. The Balaban J connectivity index is 2.34. The van der Waals surface area contributed by atoms with Crippen molar-refractivity contribution in [2.24, 2.45) is 5.92 Å². The van der Waals surface area contributed by atoms with E-state index in [4.69, 9.17) is 21.6 Å². The Labute approximate surface area is 174 Å². The number of carbonyl (C=O) groups excluding carboxylic acids is 1. The average Bonchev–Trinajstić information content (AvgIpc) is 3.12. The van der Waals surface area contributed by atoms with E-state index in [-0.39, 0.29) is 29.4 Å². The van der Waals surface area contributed by atoms with E-state index < -0.39 is 30.4 Å². The number of ether oxygens (including phenoxy) is 2. The van der Waals surface area contributed by atoms with Gasteiger partial charge in [-0.05, 0) is 6.42 Å². The molecule has 0 saturated heterocycles. The largest absolute Gasteiger partial charge is 0.456 e. The standard InChI is InChI=1S/C20H28FN5O4/c1-5-7-8-9-13(3)18(28)30-14(20(6-2,11-27)29-4)10-26-12-23-15-16(22)24-19(21)25-17(15)26/h2,12-14,27H,5,7-11H2,1,3-4H3,(H2,22,24,25)/t13?,14-,20?/m0/s1. The smallest absolute Gasteiger partial charge is 0.312 e. The van der Waals surface area contributed by atoms with E-state index in [0.717, 1.165) is 19.3 Å². The summed E-state index contributed by atoms with van der Waals surface area (Å²) in [5.41, 5.74) is 4.39. The van der Waals surface area contributed by atoms with E-state index in [0.29, 0.717) is 6.42 Å². The number of esters is 1. The summed E-state index contributed by atoms with van der Waals surface area (Å²) in [5, 5.41) is 9.91. The molecular formula is C20H28FN5O4. The molecule has 9 nitrogen and oxygen atoms in total. The van der Waals surface area contributed by atoms with Crippen LogP contribution in [0.2, 0.25) is 0 Å². The van der Waals surface area contributed by atoms with Crippen molar-refractivity contribution >= 4 is 23.0 Å². The van der Waals surface area contributed by atoms with Gasteiger partial charge < -0.3 is 24.9 Å². The van der Waals surface area contributed by atoms with Gasteiger partial charge in [-0.1, -0.05) is 39.0 Å². The highest BCUT2D eigenvalue weighted by molar-refractivity contribution is 5.81. The van der Waals surface area contributed by atoms with Gasteiger partial charge in [-0.3, -0.25) is 4.79 Å². The van der Waals surface area contributed by atoms with Gasteiger partial charge in [-0.15, -0.1) is 6.42 Å². The van der Waals surface area contributed by atoms with Crippen LogP contribution in [0.1, 0.15) is 39.5 Å². The molecule has 10 heteroatoms. The van der Waals surface area contributed by atoms with E-state index >= 15 is 0 Å². The van der Waals surface area contributed by atoms with Crippen LogP contribution in [-0.2, 0) is 20.8 Å². The van der Waals surface area contributed by atoms with Gasteiger partial charge in [0, 0.05) is 7.11 Å². The van der Waals surface area contributed by atoms with E-state index in [9.17, 15) is 14.3 Å². The predicted octanol–water partition coefficient (Wildman–Crippen LogP) is 1.69. The Bertz CT molecular complexity index is 906. The normalized spacial score (nSPS) is 15.3. The molecule has 0 bridgehead atoms. The Morgan fingerprint density at radius 2 is 2.20 bits per heavy atom. The molecule has 2 aromatic rings. The minimum Gasteiger partial charge on any atom is -0.456 e. The molecule has 164 valence electrons. The molecule has 0 aliphatic carbocycles. The van der Waals surface area contributed by atoms with Gasteiger partial charge in [-0.2, -0.15) is 14.4 Å². The van der Waals surface area contributed by atoms with Gasteiger partial charge in [0.25, 0.3) is 0 Å². The highest BCUT2D eigenvalue weighted by atomic mass is 19.1.